The number of amides is 1. The molecule has 32 heavy (non-hydrogen) atoms. The Kier molecular flexibility index (Phi) is 5.81. The molecule has 0 aromatic heterocycles. The number of carbonyl (C=O) groups is 2. The number of nitrogens with one attached hydrogen (secondary N) is 3. The van der Waals surface area contributed by atoms with E-state index in [4.69, 9.17) is 0 Å². The van der Waals surface area contributed by atoms with Crippen molar-refractivity contribution in [3.8, 4) is 0 Å². The summed E-state index contributed by atoms with van der Waals surface area (Å²) in [6, 6.07) is 5.55. The third kappa shape index (κ3) is 3.75. The highest BCUT2D eigenvalue weighted by molar-refractivity contribution is 5.95. The van der Waals surface area contributed by atoms with Gasteiger partial charge in [-0.25, -0.2) is 4.79 Å². The summed E-state index contributed by atoms with van der Waals surface area (Å²) in [4.78, 5) is 25.8. The molecule has 6 heteroatoms. The Bertz CT molecular complexity index is 873. The lowest BCUT2D eigenvalue weighted by Gasteiger charge is -2.53. The summed E-state index contributed by atoms with van der Waals surface area (Å²) in [7, 11) is 0. The predicted molar refractivity (Wildman–Crippen MR) is 126 cm³/mol. The third-order valence-electron chi connectivity index (χ3n) is 8.68. The van der Waals surface area contributed by atoms with Crippen molar-refractivity contribution in [1.82, 2.24) is 5.32 Å². The highest BCUT2D eigenvalue weighted by atomic mass is 16.4. The SMILES string of the molecule is O=C(O)c1ccc2c(c1)NC1(C(=O)NC3CCCCC3)CCCCC1C1(CCCCC1)N2. The molecule has 0 bridgehead atoms. The van der Waals surface area contributed by atoms with Gasteiger partial charge in [-0.05, 0) is 56.7 Å². The van der Waals surface area contributed by atoms with Crippen molar-refractivity contribution in [3.63, 3.8) is 0 Å². The molecule has 1 aromatic carbocycles. The topological polar surface area (TPSA) is 90.5 Å². The molecule has 0 saturated heterocycles. The fourth-order valence-corrected chi connectivity index (χ4v) is 7.10. The van der Waals surface area contributed by atoms with Crippen molar-refractivity contribution in [1.29, 1.82) is 0 Å². The van der Waals surface area contributed by atoms with Crippen LogP contribution in [0.3, 0.4) is 0 Å². The van der Waals surface area contributed by atoms with E-state index in [2.05, 4.69) is 16.0 Å². The van der Waals surface area contributed by atoms with E-state index in [0.717, 1.165) is 62.7 Å². The van der Waals surface area contributed by atoms with Gasteiger partial charge < -0.3 is 21.1 Å². The summed E-state index contributed by atoms with van der Waals surface area (Å²) in [6.45, 7) is 0. The molecule has 3 aliphatic carbocycles. The van der Waals surface area contributed by atoms with Crippen molar-refractivity contribution in [2.75, 3.05) is 10.6 Å². The second-order valence-electron chi connectivity index (χ2n) is 10.6. The molecule has 0 radical (unpaired) electrons. The molecular weight excluding hydrogens is 402 g/mol. The van der Waals surface area contributed by atoms with Gasteiger partial charge in [-0.2, -0.15) is 0 Å². The van der Waals surface area contributed by atoms with Crippen LogP contribution in [-0.4, -0.2) is 34.1 Å². The van der Waals surface area contributed by atoms with Crippen LogP contribution in [0, 0.1) is 5.92 Å². The van der Waals surface area contributed by atoms with Crippen molar-refractivity contribution >= 4 is 23.3 Å². The van der Waals surface area contributed by atoms with E-state index in [-0.39, 0.29) is 29.0 Å². The normalized spacial score (nSPS) is 29.6. The molecule has 2 atom stereocenters. The van der Waals surface area contributed by atoms with Crippen molar-refractivity contribution in [3.05, 3.63) is 23.8 Å². The highest BCUT2D eigenvalue weighted by Gasteiger charge is 2.58. The summed E-state index contributed by atoms with van der Waals surface area (Å²) < 4.78 is 0. The van der Waals surface area contributed by atoms with Crippen LogP contribution in [0.25, 0.3) is 0 Å². The van der Waals surface area contributed by atoms with Gasteiger partial charge in [0.1, 0.15) is 5.54 Å². The zero-order chi connectivity index (χ0) is 22.2. The van der Waals surface area contributed by atoms with E-state index < -0.39 is 11.5 Å². The Morgan fingerprint density at radius 2 is 1.53 bits per heavy atom. The number of benzene rings is 1. The maximum Gasteiger partial charge on any atom is 0.335 e. The smallest absolute Gasteiger partial charge is 0.335 e. The van der Waals surface area contributed by atoms with Gasteiger partial charge in [0.15, 0.2) is 0 Å². The molecular formula is C26H37N3O3. The largest absolute Gasteiger partial charge is 0.478 e. The molecule has 1 amide bonds. The van der Waals surface area contributed by atoms with Crippen LogP contribution in [0.5, 0.6) is 0 Å². The van der Waals surface area contributed by atoms with Crippen LogP contribution < -0.4 is 16.0 Å². The minimum Gasteiger partial charge on any atom is -0.478 e. The molecule has 1 heterocycles. The first kappa shape index (κ1) is 21.6. The van der Waals surface area contributed by atoms with E-state index in [1.807, 2.05) is 6.07 Å². The van der Waals surface area contributed by atoms with Gasteiger partial charge in [-0.1, -0.05) is 51.4 Å². The van der Waals surface area contributed by atoms with Gasteiger partial charge in [0.05, 0.1) is 16.9 Å². The maximum atomic E-state index is 14.1. The first-order valence-corrected chi connectivity index (χ1v) is 12.8. The number of aromatic carboxylic acids is 1. The summed E-state index contributed by atoms with van der Waals surface area (Å²) >= 11 is 0. The fourth-order valence-electron chi connectivity index (χ4n) is 7.10. The Morgan fingerprint density at radius 1 is 0.844 bits per heavy atom. The molecule has 5 rings (SSSR count). The van der Waals surface area contributed by atoms with Crippen LogP contribution in [0.2, 0.25) is 0 Å². The molecule has 1 aromatic rings. The molecule has 174 valence electrons. The lowest BCUT2D eigenvalue weighted by atomic mass is 9.59. The molecule has 3 saturated carbocycles. The van der Waals surface area contributed by atoms with Gasteiger partial charge in [0, 0.05) is 17.5 Å². The first-order chi connectivity index (χ1) is 15.5. The third-order valence-corrected chi connectivity index (χ3v) is 8.68. The van der Waals surface area contributed by atoms with E-state index in [1.165, 1.54) is 38.5 Å². The number of fused-ring (bicyclic) bond motifs is 3. The fraction of sp³-hybridized carbons (Fsp3) is 0.692. The van der Waals surface area contributed by atoms with Crippen molar-refractivity contribution in [2.24, 2.45) is 5.92 Å². The van der Waals surface area contributed by atoms with Gasteiger partial charge in [-0.3, -0.25) is 4.79 Å². The highest BCUT2D eigenvalue weighted by Crippen LogP contribution is 2.52. The summed E-state index contributed by atoms with van der Waals surface area (Å²) in [6.07, 6.45) is 15.5. The Labute approximate surface area is 190 Å². The number of anilines is 2. The second kappa shape index (κ2) is 8.60. The van der Waals surface area contributed by atoms with Crippen LogP contribution in [-0.2, 0) is 4.79 Å². The molecule has 3 fully saturated rings. The summed E-state index contributed by atoms with van der Waals surface area (Å²) in [5.74, 6) is -0.616. The minimum atomic E-state index is -0.938. The second-order valence-corrected chi connectivity index (χ2v) is 10.6. The number of carboxylic acids is 1. The molecule has 4 aliphatic rings. The first-order valence-electron chi connectivity index (χ1n) is 12.8. The Hall–Kier alpha value is -2.24. The van der Waals surface area contributed by atoms with E-state index in [1.54, 1.807) is 12.1 Å². The number of carbonyl (C=O) groups excluding carboxylic acids is 1. The lowest BCUT2D eigenvalue weighted by molar-refractivity contribution is -0.131. The molecule has 2 unspecified atom stereocenters. The predicted octanol–water partition coefficient (Wildman–Crippen LogP) is 5.30. The number of hydrogen-bond donors (Lipinski definition) is 4. The minimum absolute atomic E-state index is 0.119. The maximum absolute atomic E-state index is 14.1. The van der Waals surface area contributed by atoms with Gasteiger partial charge >= 0.3 is 5.97 Å². The molecule has 1 aliphatic heterocycles. The zero-order valence-corrected chi connectivity index (χ0v) is 19.0. The van der Waals surface area contributed by atoms with Crippen LogP contribution in [0.15, 0.2) is 18.2 Å². The van der Waals surface area contributed by atoms with Gasteiger partial charge in [0.25, 0.3) is 0 Å². The lowest BCUT2D eigenvalue weighted by Crippen LogP contribution is -2.66. The van der Waals surface area contributed by atoms with E-state index >= 15 is 0 Å². The average Bonchev–Trinajstić information content (AvgIpc) is 2.93. The molecule has 1 spiro atoms. The molecule has 6 nitrogen and oxygen atoms in total. The standard InChI is InChI=1S/C26H37N3O3/c30-23(31)18-12-13-20-21(17-18)29-26(24(32)27-19-9-3-1-4-10-19)16-8-5-11-22(26)25(28-20)14-6-2-7-15-25/h12-13,17,19,22,28-29H,1-11,14-16H2,(H,27,32)(H,30,31). The number of carboxylic acid groups (broad SMARTS) is 1. The van der Waals surface area contributed by atoms with E-state index in [9.17, 15) is 14.7 Å². The zero-order valence-electron chi connectivity index (χ0n) is 19.0. The number of rotatable bonds is 3. The monoisotopic (exact) mass is 439 g/mol. The quantitative estimate of drug-likeness (QED) is 0.513. The van der Waals surface area contributed by atoms with Crippen LogP contribution >= 0.6 is 0 Å². The van der Waals surface area contributed by atoms with Crippen LogP contribution in [0.1, 0.15) is 100 Å². The van der Waals surface area contributed by atoms with Gasteiger partial charge in [0.2, 0.25) is 5.91 Å². The summed E-state index contributed by atoms with van der Waals surface area (Å²) in [5, 5.41) is 20.6. The van der Waals surface area contributed by atoms with Crippen molar-refractivity contribution < 1.29 is 14.7 Å². The van der Waals surface area contributed by atoms with Crippen LogP contribution in [0.4, 0.5) is 11.4 Å². The van der Waals surface area contributed by atoms with E-state index in [0.29, 0.717) is 0 Å². The molecule has 4 N–H and O–H groups in total. The van der Waals surface area contributed by atoms with Crippen molar-refractivity contribution in [2.45, 2.75) is 107 Å². The number of hydrogen-bond acceptors (Lipinski definition) is 4. The average molecular weight is 440 g/mol. The van der Waals surface area contributed by atoms with Gasteiger partial charge in [-0.15, -0.1) is 0 Å². The summed E-state index contributed by atoms with van der Waals surface area (Å²) in [5.41, 5.74) is 1.15. The Morgan fingerprint density at radius 3 is 2.28 bits per heavy atom. The Balaban J connectivity index is 1.58.